The van der Waals surface area contributed by atoms with Gasteiger partial charge in [0.15, 0.2) is 11.5 Å². The summed E-state index contributed by atoms with van der Waals surface area (Å²) in [6.45, 7) is 25.3. The molecule has 2 saturated carbocycles. The Bertz CT molecular complexity index is 3650. The van der Waals surface area contributed by atoms with Gasteiger partial charge in [0.1, 0.15) is 54.6 Å². The molecule has 4 aliphatic carbocycles. The van der Waals surface area contributed by atoms with Gasteiger partial charge in [0.2, 0.25) is 11.6 Å². The van der Waals surface area contributed by atoms with Crippen LogP contribution in [0.15, 0.2) is 119 Å². The number of unbranched alkanes of at least 4 members (excludes halogenated alkanes) is 1. The second-order valence-corrected chi connectivity index (χ2v) is 32.0. The molecule has 1 amide bonds. The lowest BCUT2D eigenvalue weighted by molar-refractivity contribution is -0.265. The fraction of sp³-hybridized carbons (Fsp3) is 0.647. The maximum absolute atomic E-state index is 14.9. The van der Waals surface area contributed by atoms with Gasteiger partial charge in [-0.05, 0) is 151 Å². The molecule has 24 nitrogen and oxygen atoms in total. The number of aliphatic hydroxyl groups excluding tert-OH is 2. The van der Waals surface area contributed by atoms with E-state index in [9.17, 15) is 63.3 Å². The number of ketones is 4. The molecule has 4 fully saturated rings. The Morgan fingerprint density at radius 2 is 1.49 bits per heavy atom. The summed E-state index contributed by atoms with van der Waals surface area (Å²) < 4.78 is 54.1. The first-order valence-corrected chi connectivity index (χ1v) is 39.0. The Morgan fingerprint density at radius 1 is 0.807 bits per heavy atom. The summed E-state index contributed by atoms with van der Waals surface area (Å²) in [6.07, 6.45) is 16.7. The van der Waals surface area contributed by atoms with Gasteiger partial charge in [0.25, 0.3) is 11.7 Å². The van der Waals surface area contributed by atoms with Crippen LogP contribution in [-0.4, -0.2) is 198 Å². The van der Waals surface area contributed by atoms with Crippen LogP contribution >= 0.6 is 0 Å². The van der Waals surface area contributed by atoms with Gasteiger partial charge in [-0.2, -0.15) is 0 Å². The smallest absolute Gasteiger partial charge is 0.340 e. The lowest BCUT2D eigenvalue weighted by atomic mass is 9.53. The molecular formula is C85H118N2O22. The number of amides is 1. The summed E-state index contributed by atoms with van der Waals surface area (Å²) in [4.78, 5) is 144. The first-order valence-electron chi connectivity index (χ1n) is 39.0. The molecule has 109 heavy (non-hydrogen) atoms. The van der Waals surface area contributed by atoms with Crippen LogP contribution in [0, 0.1) is 52.3 Å². The molecule has 0 radical (unpaired) electrons. The van der Waals surface area contributed by atoms with Crippen molar-refractivity contribution in [1.82, 2.24) is 9.80 Å². The van der Waals surface area contributed by atoms with Crippen molar-refractivity contribution in [3.05, 3.63) is 119 Å². The van der Waals surface area contributed by atoms with Gasteiger partial charge in [-0.15, -0.1) is 13.2 Å². The van der Waals surface area contributed by atoms with E-state index >= 15 is 0 Å². The quantitative estimate of drug-likeness (QED) is 0.0255. The molecule has 4 heterocycles. The second kappa shape index (κ2) is 38.5. The van der Waals surface area contributed by atoms with Crippen LogP contribution in [0.5, 0.6) is 0 Å². The first kappa shape index (κ1) is 86.8. The number of cyclic esters (lactones) is 2. The summed E-state index contributed by atoms with van der Waals surface area (Å²) in [6, 6.07) is -1.31. The fourth-order valence-corrected chi connectivity index (χ4v) is 17.8. The lowest BCUT2D eigenvalue weighted by Crippen LogP contribution is -2.60. The number of rotatable bonds is 20. The van der Waals surface area contributed by atoms with Crippen LogP contribution < -0.4 is 0 Å². The number of carbonyl (C=O) groups is 10. The van der Waals surface area contributed by atoms with Gasteiger partial charge >= 0.3 is 29.8 Å². The van der Waals surface area contributed by atoms with Crippen LogP contribution in [0.2, 0.25) is 0 Å². The molecule has 600 valence electrons. The number of allylic oxidation sites excluding steroid dienone is 7. The van der Waals surface area contributed by atoms with Crippen molar-refractivity contribution >= 4 is 58.9 Å². The van der Waals surface area contributed by atoms with Crippen molar-refractivity contribution in [3.8, 4) is 0 Å². The number of nitrogens with zero attached hydrogens (tertiary/aromatic N) is 2. The van der Waals surface area contributed by atoms with Crippen molar-refractivity contribution in [2.45, 2.75) is 252 Å². The van der Waals surface area contributed by atoms with E-state index in [1.165, 1.54) is 27.3 Å². The van der Waals surface area contributed by atoms with E-state index < -0.39 is 160 Å². The molecule has 2 saturated heterocycles. The van der Waals surface area contributed by atoms with Crippen molar-refractivity contribution in [2.24, 2.45) is 52.3 Å². The minimum absolute atomic E-state index is 0.0211. The molecule has 2 unspecified atom stereocenters. The number of Topliss-reactive ketones (excluding diaryl/α,β-unsaturated/α-hetero) is 4. The summed E-state index contributed by atoms with van der Waals surface area (Å²) in [7, 11) is 4.35. The van der Waals surface area contributed by atoms with Gasteiger partial charge in [0.05, 0.1) is 29.8 Å². The zero-order valence-corrected chi connectivity index (χ0v) is 66.1. The SMILES string of the molecule is C=CCN(/C=C1/C(=O)O[C@H](COC)[C@@]2(C)C1=C(O)C(=O)C1=C2[C@H](OC(C)=O)C[C@@]2(C)C1CC[C@@H]2OC(=O)CCCCC(=O)OC1CCC(C[C@@H](C)[C@@H]2CC(=O)C(C)/C=C(\C)[C@@H](O)[C@@H](OC)C(=O)[C@H](C)C[C@H](C)/C=C/C=C/C=C(\C)[C@@H](OC)C[C@@H]3CC[C@@H](C)[C@@](O)(O3)C(=O)C(=O)N3CC=CC[C@H]3C(=O)O2)CC1)CC=C. The lowest BCUT2D eigenvalue weighted by Gasteiger charge is -2.54. The first-order chi connectivity index (χ1) is 51.7. The van der Waals surface area contributed by atoms with Crippen LogP contribution in [0.4, 0.5) is 0 Å². The third-order valence-electron chi connectivity index (χ3n) is 24.0. The Morgan fingerprint density at radius 3 is 2.13 bits per heavy atom. The van der Waals surface area contributed by atoms with Crippen LogP contribution in [-0.2, 0) is 90.6 Å². The average Bonchev–Trinajstić information content (AvgIpc) is 1.66. The van der Waals surface area contributed by atoms with E-state index in [1.54, 1.807) is 77.0 Å². The summed E-state index contributed by atoms with van der Waals surface area (Å²) >= 11 is 0. The Balaban J connectivity index is 0.905. The minimum atomic E-state index is -2.52. The number of carbonyl (C=O) groups excluding carboxylic acids is 10. The highest BCUT2D eigenvalue weighted by Crippen LogP contribution is 2.64. The minimum Gasteiger partial charge on any atom is -0.504 e. The average molecular weight is 1520 g/mol. The molecule has 8 rings (SSSR count). The van der Waals surface area contributed by atoms with Gasteiger partial charge in [-0.3, -0.25) is 38.4 Å². The molecule has 18 atom stereocenters. The number of hydrogen-bond donors (Lipinski definition) is 3. The highest BCUT2D eigenvalue weighted by Gasteiger charge is 2.65. The van der Waals surface area contributed by atoms with Crippen LogP contribution in [0.25, 0.3) is 0 Å². The van der Waals surface area contributed by atoms with Gasteiger partial charge < -0.3 is 67.8 Å². The molecule has 2 bridgehead atoms. The second-order valence-electron chi connectivity index (χ2n) is 32.0. The topological polar surface area (TPSA) is 321 Å². The predicted molar refractivity (Wildman–Crippen MR) is 404 cm³/mol. The predicted octanol–water partition coefficient (Wildman–Crippen LogP) is 10.9. The number of ether oxygens (including phenoxy) is 9. The molecule has 24 heteroatoms. The largest absolute Gasteiger partial charge is 0.504 e. The molecule has 0 aromatic carbocycles. The normalized spacial score (nSPS) is 36.3. The molecule has 0 aromatic rings. The highest BCUT2D eigenvalue weighted by atomic mass is 16.6. The fourth-order valence-electron chi connectivity index (χ4n) is 17.8. The van der Waals surface area contributed by atoms with Crippen molar-refractivity contribution in [1.29, 1.82) is 0 Å². The third kappa shape index (κ3) is 20.1. The van der Waals surface area contributed by atoms with Crippen molar-refractivity contribution in [3.63, 3.8) is 0 Å². The Labute approximate surface area is 642 Å². The summed E-state index contributed by atoms with van der Waals surface area (Å²) in [5.41, 5.74) is -0.598. The number of fused-ring (bicyclic) bond motifs is 7. The summed E-state index contributed by atoms with van der Waals surface area (Å²) in [5.74, 6) is -13.2. The maximum Gasteiger partial charge on any atom is 0.340 e. The summed E-state index contributed by atoms with van der Waals surface area (Å²) in [5, 5.41) is 35.9. The van der Waals surface area contributed by atoms with Crippen molar-refractivity contribution < 1.29 is 106 Å². The Hall–Kier alpha value is -7.74. The third-order valence-corrected chi connectivity index (χ3v) is 24.0. The molecule has 0 aromatic heterocycles. The maximum atomic E-state index is 14.9. The van der Waals surface area contributed by atoms with Gasteiger partial charge in [-0.1, -0.05) is 102 Å². The van der Waals surface area contributed by atoms with E-state index in [4.69, 9.17) is 42.6 Å². The zero-order chi connectivity index (χ0) is 80.0. The molecular weight excluding hydrogens is 1400 g/mol. The van der Waals surface area contributed by atoms with Crippen LogP contribution in [0.1, 0.15) is 185 Å². The molecule has 8 aliphatic rings. The van der Waals surface area contributed by atoms with E-state index in [1.807, 2.05) is 58.1 Å². The van der Waals surface area contributed by atoms with E-state index in [-0.39, 0.29) is 91.8 Å². The van der Waals surface area contributed by atoms with Crippen molar-refractivity contribution in [2.75, 3.05) is 47.6 Å². The number of methoxy groups -OCH3 is 3. The highest BCUT2D eigenvalue weighted by molar-refractivity contribution is 6.39. The van der Waals surface area contributed by atoms with E-state index in [2.05, 4.69) is 13.2 Å². The Kier molecular flexibility index (Phi) is 30.6. The number of aliphatic hydroxyl groups is 3. The standard InChI is InChI=1S/C85H118N2O22/c1-16-38-86(39-17-2)47-60-72-77(95)76(94)71-61-36-37-67(83(61,11)46-66(104-56(10)88)73(71)84(72,12)68(48-101-13)108-81(60)98)107-70(91)29-22-21-28-69(90)105-58-34-31-57(32-35-58)43-52(6)65-45-63(89)51(5)42-54(8)75(93)78(103-15)74(92)53(7)41-49(3)25-19-18-20-26-50(4)64(102-14)44-59-33-30-55(9)85(100,109-59)79(96)80(97)87-40-24-23-27-62(87)82(99)106-65/h16-20,23-26,42,47,49,51-53,55,57-59,61-62,64-68,75,78,93,95,100H,1-2,21-22,27-41,43-46,48H2,3-15H3/b20-18+,25-19+,50-26+,54-42+,60-47+/t49-,51?,52-,53-,55-,57?,58?,59+,61?,62+,64+,65+,66-,67+,68-,75-,78+,83+,84+,85-/m1/s1. The molecule has 3 N–H and O–H groups in total. The number of hydrogen-bond acceptors (Lipinski definition) is 23. The molecule has 4 aliphatic heterocycles. The van der Waals surface area contributed by atoms with Gasteiger partial charge in [-0.25, -0.2) is 9.59 Å². The van der Waals surface area contributed by atoms with E-state index in [0.29, 0.717) is 101 Å². The van der Waals surface area contributed by atoms with Crippen LogP contribution in [0.3, 0.4) is 0 Å². The van der Waals surface area contributed by atoms with E-state index in [0.717, 1.165) is 10.5 Å². The van der Waals surface area contributed by atoms with Gasteiger partial charge in [0, 0.05) is 114 Å². The monoisotopic (exact) mass is 1520 g/mol. The zero-order valence-electron chi connectivity index (χ0n) is 66.1. The molecule has 0 spiro atoms. The number of esters is 5.